The number of nitro groups is 1. The lowest BCUT2D eigenvalue weighted by Gasteiger charge is -2.33. The van der Waals surface area contributed by atoms with Crippen molar-refractivity contribution in [2.75, 3.05) is 30.3 Å². The molecule has 124 valence electrons. The van der Waals surface area contributed by atoms with E-state index < -0.39 is 14.8 Å². The molecule has 1 aromatic rings. The van der Waals surface area contributed by atoms with Crippen molar-refractivity contribution in [3.8, 4) is 0 Å². The molecule has 7 nitrogen and oxygen atoms in total. The number of benzene rings is 1. The van der Waals surface area contributed by atoms with Crippen molar-refractivity contribution >= 4 is 33.6 Å². The van der Waals surface area contributed by atoms with Gasteiger partial charge in [-0.05, 0) is 19.1 Å². The third-order valence-corrected chi connectivity index (χ3v) is 5.32. The van der Waals surface area contributed by atoms with Gasteiger partial charge in [-0.3, -0.25) is 10.1 Å². The first-order chi connectivity index (χ1) is 9.85. The van der Waals surface area contributed by atoms with Crippen molar-refractivity contribution in [3.05, 3.63) is 28.3 Å². The van der Waals surface area contributed by atoms with Crippen molar-refractivity contribution in [2.24, 2.45) is 0 Å². The van der Waals surface area contributed by atoms with Gasteiger partial charge >= 0.3 is 0 Å². The monoisotopic (exact) mass is 349 g/mol. The van der Waals surface area contributed by atoms with E-state index >= 15 is 0 Å². The predicted molar refractivity (Wildman–Crippen MR) is 87.7 cm³/mol. The zero-order valence-corrected chi connectivity index (χ0v) is 14.1. The Morgan fingerprint density at radius 2 is 2.14 bits per heavy atom. The molecule has 0 aromatic heterocycles. The number of nitrogens with zero attached hydrogens (tertiary/aromatic N) is 2. The van der Waals surface area contributed by atoms with Gasteiger partial charge in [0.25, 0.3) is 5.69 Å². The number of rotatable bonds is 4. The minimum Gasteiger partial charge on any atom is -0.363 e. The summed E-state index contributed by atoms with van der Waals surface area (Å²) in [4.78, 5) is 12.7. The second-order valence-electron chi connectivity index (χ2n) is 5.11. The highest BCUT2D eigenvalue weighted by molar-refractivity contribution is 7.91. The van der Waals surface area contributed by atoms with Crippen LogP contribution < -0.4 is 10.2 Å². The molecular weight excluding hydrogens is 330 g/mol. The normalized spacial score (nSPS) is 18.6. The van der Waals surface area contributed by atoms with E-state index in [2.05, 4.69) is 5.32 Å². The first kappa shape index (κ1) is 18.7. The number of halogens is 1. The molecule has 1 aliphatic heterocycles. The summed E-state index contributed by atoms with van der Waals surface area (Å²) >= 11 is 0. The van der Waals surface area contributed by atoms with E-state index in [9.17, 15) is 18.5 Å². The first-order valence-corrected chi connectivity index (χ1v) is 8.50. The van der Waals surface area contributed by atoms with Gasteiger partial charge in [0.2, 0.25) is 0 Å². The van der Waals surface area contributed by atoms with Crippen LogP contribution in [-0.4, -0.2) is 44.8 Å². The minimum atomic E-state index is -3.45. The topological polar surface area (TPSA) is 92.6 Å². The van der Waals surface area contributed by atoms with Gasteiger partial charge in [0.05, 0.1) is 15.6 Å². The smallest absolute Gasteiger partial charge is 0.293 e. The lowest BCUT2D eigenvalue weighted by molar-refractivity contribution is -0.384. The maximum absolute atomic E-state index is 11.9. The molecule has 1 heterocycles. The lowest BCUT2D eigenvalue weighted by Crippen LogP contribution is -2.49. The van der Waals surface area contributed by atoms with Gasteiger partial charge in [0.15, 0.2) is 9.84 Å². The molecule has 1 aliphatic rings. The van der Waals surface area contributed by atoms with E-state index in [-0.39, 0.29) is 34.8 Å². The molecule has 1 aromatic carbocycles. The molecule has 2 rings (SSSR count). The number of nitrogens with one attached hydrogen (secondary N) is 1. The van der Waals surface area contributed by atoms with Crippen LogP contribution in [0.2, 0.25) is 0 Å². The molecule has 0 amide bonds. The summed E-state index contributed by atoms with van der Waals surface area (Å²) in [6.07, 6.45) is 0. The van der Waals surface area contributed by atoms with E-state index in [1.807, 2.05) is 11.8 Å². The van der Waals surface area contributed by atoms with Gasteiger partial charge in [-0.25, -0.2) is 8.42 Å². The minimum absolute atomic E-state index is 0. The highest BCUT2D eigenvalue weighted by atomic mass is 35.5. The second-order valence-corrected chi connectivity index (χ2v) is 7.39. The third kappa shape index (κ3) is 3.88. The Labute approximate surface area is 136 Å². The van der Waals surface area contributed by atoms with Crippen molar-refractivity contribution in [1.82, 2.24) is 5.32 Å². The Balaban J connectivity index is 0.00000242. The van der Waals surface area contributed by atoms with Gasteiger partial charge in [0.1, 0.15) is 5.69 Å². The fourth-order valence-electron chi connectivity index (χ4n) is 2.43. The Morgan fingerprint density at radius 1 is 1.45 bits per heavy atom. The standard InChI is InChI=1S/C13H19N3O4S.ClH/c1-3-21(19,20)11-4-5-12(13(8-11)16(17)18)15-7-6-14-10(2)9-15;/h4-5,8,10,14H,3,6-7,9H2,1-2H3;1H. The molecule has 0 saturated carbocycles. The van der Waals surface area contributed by atoms with Gasteiger partial charge in [0, 0.05) is 31.7 Å². The highest BCUT2D eigenvalue weighted by Gasteiger charge is 2.25. The van der Waals surface area contributed by atoms with E-state index in [4.69, 9.17) is 0 Å². The second kappa shape index (κ2) is 7.26. The lowest BCUT2D eigenvalue weighted by atomic mass is 10.2. The molecule has 0 radical (unpaired) electrons. The summed E-state index contributed by atoms with van der Waals surface area (Å²) in [5.41, 5.74) is 0.321. The summed E-state index contributed by atoms with van der Waals surface area (Å²) in [5, 5.41) is 14.5. The van der Waals surface area contributed by atoms with Gasteiger partial charge in [-0.15, -0.1) is 12.4 Å². The van der Waals surface area contributed by atoms with Crippen LogP contribution in [0.1, 0.15) is 13.8 Å². The van der Waals surface area contributed by atoms with E-state index in [1.165, 1.54) is 19.1 Å². The molecule has 1 N–H and O–H groups in total. The van der Waals surface area contributed by atoms with Crippen molar-refractivity contribution < 1.29 is 13.3 Å². The fraction of sp³-hybridized carbons (Fsp3) is 0.538. The summed E-state index contributed by atoms with van der Waals surface area (Å²) in [5.74, 6) is -0.0752. The molecule has 0 spiro atoms. The van der Waals surface area contributed by atoms with Crippen LogP contribution in [0.5, 0.6) is 0 Å². The molecule has 1 unspecified atom stereocenters. The maximum atomic E-state index is 11.9. The van der Waals surface area contributed by atoms with Crippen LogP contribution in [0.15, 0.2) is 23.1 Å². The van der Waals surface area contributed by atoms with Crippen LogP contribution >= 0.6 is 12.4 Å². The Hall–Kier alpha value is -1.38. The van der Waals surface area contributed by atoms with E-state index in [0.29, 0.717) is 18.8 Å². The van der Waals surface area contributed by atoms with Crippen LogP contribution in [0.3, 0.4) is 0 Å². The van der Waals surface area contributed by atoms with Gasteiger partial charge < -0.3 is 10.2 Å². The number of anilines is 1. The van der Waals surface area contributed by atoms with E-state index in [0.717, 1.165) is 6.54 Å². The molecule has 0 bridgehead atoms. The van der Waals surface area contributed by atoms with Crippen molar-refractivity contribution in [3.63, 3.8) is 0 Å². The molecule has 1 atom stereocenters. The van der Waals surface area contributed by atoms with Gasteiger partial charge in [-0.2, -0.15) is 0 Å². The summed E-state index contributed by atoms with van der Waals surface area (Å²) in [6.45, 7) is 5.58. The molecule has 1 saturated heterocycles. The maximum Gasteiger partial charge on any atom is 0.293 e. The van der Waals surface area contributed by atoms with Gasteiger partial charge in [-0.1, -0.05) is 6.92 Å². The Kier molecular flexibility index (Phi) is 6.16. The molecule has 0 aliphatic carbocycles. The Bertz CT molecular complexity index is 651. The zero-order valence-electron chi connectivity index (χ0n) is 12.5. The summed E-state index contributed by atoms with van der Waals surface area (Å²) in [7, 11) is -3.45. The zero-order chi connectivity index (χ0) is 15.6. The molecule has 22 heavy (non-hydrogen) atoms. The summed E-state index contributed by atoms with van der Waals surface area (Å²) < 4.78 is 23.7. The number of hydrogen-bond donors (Lipinski definition) is 1. The van der Waals surface area contributed by atoms with Crippen LogP contribution in [0.4, 0.5) is 11.4 Å². The fourth-order valence-corrected chi connectivity index (χ4v) is 3.33. The summed E-state index contributed by atoms with van der Waals surface area (Å²) in [6, 6.07) is 4.39. The van der Waals surface area contributed by atoms with Crippen molar-refractivity contribution in [1.29, 1.82) is 0 Å². The average molecular weight is 350 g/mol. The largest absolute Gasteiger partial charge is 0.363 e. The van der Waals surface area contributed by atoms with Crippen LogP contribution in [0, 0.1) is 10.1 Å². The Morgan fingerprint density at radius 3 is 2.68 bits per heavy atom. The highest BCUT2D eigenvalue weighted by Crippen LogP contribution is 2.31. The SMILES string of the molecule is CCS(=O)(=O)c1ccc(N2CCNC(C)C2)c([N+](=O)[O-])c1.Cl. The van der Waals surface area contributed by atoms with Crippen molar-refractivity contribution in [2.45, 2.75) is 24.8 Å². The first-order valence-electron chi connectivity index (χ1n) is 6.84. The number of nitro benzene ring substituents is 1. The molecule has 9 heteroatoms. The van der Waals surface area contributed by atoms with E-state index in [1.54, 1.807) is 6.07 Å². The number of piperazine rings is 1. The number of sulfone groups is 1. The molecule has 1 fully saturated rings. The third-order valence-electron chi connectivity index (χ3n) is 3.59. The number of hydrogen-bond acceptors (Lipinski definition) is 6. The van der Waals surface area contributed by atoms with Crippen LogP contribution in [0.25, 0.3) is 0 Å². The molecular formula is C13H20ClN3O4S. The quantitative estimate of drug-likeness (QED) is 0.655. The predicted octanol–water partition coefficient (Wildman–Crippen LogP) is 1.61. The van der Waals surface area contributed by atoms with Crippen LogP contribution in [-0.2, 0) is 9.84 Å². The average Bonchev–Trinajstić information content (AvgIpc) is 2.46.